The van der Waals surface area contributed by atoms with Crippen molar-refractivity contribution in [3.05, 3.63) is 94.0 Å². The quantitative estimate of drug-likeness (QED) is 0.326. The molecule has 1 aliphatic rings. The van der Waals surface area contributed by atoms with Gasteiger partial charge in [0.2, 0.25) is 11.9 Å². The predicted octanol–water partition coefficient (Wildman–Crippen LogP) is 4.01. The van der Waals surface area contributed by atoms with Gasteiger partial charge < -0.3 is 10.5 Å². The van der Waals surface area contributed by atoms with E-state index in [0.717, 1.165) is 11.1 Å². The summed E-state index contributed by atoms with van der Waals surface area (Å²) in [5.41, 5.74) is 7.89. The van der Waals surface area contributed by atoms with Crippen molar-refractivity contribution in [2.75, 3.05) is 13.7 Å². The second-order valence-electron chi connectivity index (χ2n) is 8.47. The number of rotatable bonds is 7. The number of amides is 1. The average Bonchev–Trinajstić information content (AvgIpc) is 3.34. The highest BCUT2D eigenvalue weighted by molar-refractivity contribution is 7.90. The number of methoxy groups -OCH3 is 1. The van der Waals surface area contributed by atoms with Crippen LogP contribution >= 0.6 is 23.2 Å². The summed E-state index contributed by atoms with van der Waals surface area (Å²) in [5, 5.41) is 6.84. The highest BCUT2D eigenvalue weighted by Crippen LogP contribution is 2.30. The van der Waals surface area contributed by atoms with Crippen LogP contribution < -0.4 is 15.2 Å². The lowest BCUT2D eigenvalue weighted by Crippen LogP contribution is -2.43. The minimum Gasteiger partial charge on any atom is -0.495 e. The molecule has 1 aliphatic heterocycles. The smallest absolute Gasteiger partial charge is 0.264 e. The molecule has 2 atom stereocenters. The lowest BCUT2D eigenvalue weighted by atomic mass is 9.91. The Kier molecular flexibility index (Phi) is 8.25. The van der Waals surface area contributed by atoms with Crippen LogP contribution in [0.4, 0.5) is 0 Å². The van der Waals surface area contributed by atoms with E-state index < -0.39 is 22.0 Å². The highest BCUT2D eigenvalue weighted by atomic mass is 35.5. The molecule has 9 nitrogen and oxygen atoms in total. The summed E-state index contributed by atoms with van der Waals surface area (Å²) >= 11 is 12.3. The summed E-state index contributed by atoms with van der Waals surface area (Å²) in [4.78, 5) is 16.0. The summed E-state index contributed by atoms with van der Waals surface area (Å²) in [6.45, 7) is 1.72. The number of carbonyl (C=O) groups is 1. The second-order valence-corrected chi connectivity index (χ2v) is 11.0. The standard InChI is InChI=1S/C26H25Cl2N5O4S/c1-16(25(29)34)30-26(32-38(35,36)20-12-13-23(37-2)22(28)14-20)33-15-21(17-6-4-3-5-7-17)24(31-33)18-8-10-19(27)11-9-18/h3-14,16,21H,15H2,1-2H3,(H2,29,34)(H,30,32). The van der Waals surface area contributed by atoms with E-state index in [2.05, 4.69) is 9.71 Å². The molecule has 0 bridgehead atoms. The summed E-state index contributed by atoms with van der Waals surface area (Å²) in [6, 6.07) is 19.9. The second kappa shape index (κ2) is 11.4. The predicted molar refractivity (Wildman–Crippen MR) is 148 cm³/mol. The number of sulfonamides is 1. The van der Waals surface area contributed by atoms with Gasteiger partial charge in [0.15, 0.2) is 0 Å². The number of hydrogen-bond donors (Lipinski definition) is 2. The first-order chi connectivity index (χ1) is 18.1. The summed E-state index contributed by atoms with van der Waals surface area (Å²) in [7, 11) is -2.76. The van der Waals surface area contributed by atoms with Gasteiger partial charge in [0.05, 0.1) is 29.3 Å². The molecule has 0 radical (unpaired) electrons. The lowest BCUT2D eigenvalue weighted by Gasteiger charge is -2.21. The normalized spacial score (nSPS) is 16.6. The van der Waals surface area contributed by atoms with Crippen LogP contribution in [0.3, 0.4) is 0 Å². The third kappa shape index (κ3) is 6.09. The van der Waals surface area contributed by atoms with Crippen LogP contribution in [0.5, 0.6) is 5.75 Å². The van der Waals surface area contributed by atoms with Crippen molar-refractivity contribution in [3.63, 3.8) is 0 Å². The largest absolute Gasteiger partial charge is 0.495 e. The lowest BCUT2D eigenvalue weighted by molar-refractivity contribution is -0.118. The Morgan fingerprint density at radius 1 is 1.13 bits per heavy atom. The molecule has 0 saturated heterocycles. The Hall–Kier alpha value is -3.60. The number of guanidine groups is 1. The molecule has 3 N–H and O–H groups in total. The van der Waals surface area contributed by atoms with Gasteiger partial charge in [-0.2, -0.15) is 5.10 Å². The Balaban J connectivity index is 1.77. The Labute approximate surface area is 231 Å². The summed E-state index contributed by atoms with van der Waals surface area (Å²) in [5.74, 6) is -0.793. The fourth-order valence-electron chi connectivity index (χ4n) is 3.85. The molecule has 198 valence electrons. The molecule has 1 heterocycles. The monoisotopic (exact) mass is 573 g/mol. The number of nitrogens with two attached hydrogens (primary N) is 1. The van der Waals surface area contributed by atoms with Crippen LogP contribution in [0.15, 0.2) is 87.8 Å². The molecule has 0 saturated carbocycles. The van der Waals surface area contributed by atoms with E-state index in [4.69, 9.17) is 38.8 Å². The highest BCUT2D eigenvalue weighted by Gasteiger charge is 2.33. The van der Waals surface area contributed by atoms with Crippen molar-refractivity contribution >= 4 is 50.8 Å². The molecular formula is C26H25Cl2N5O4S. The first kappa shape index (κ1) is 27.4. The molecule has 12 heteroatoms. The van der Waals surface area contributed by atoms with Crippen LogP contribution in [0.2, 0.25) is 10.0 Å². The zero-order valence-electron chi connectivity index (χ0n) is 20.5. The van der Waals surface area contributed by atoms with Crippen molar-refractivity contribution in [2.45, 2.75) is 23.8 Å². The molecule has 4 rings (SSSR count). The maximum Gasteiger partial charge on any atom is 0.264 e. The molecule has 3 aromatic carbocycles. The molecular weight excluding hydrogens is 549 g/mol. The van der Waals surface area contributed by atoms with E-state index in [-0.39, 0.29) is 28.3 Å². The van der Waals surface area contributed by atoms with Crippen molar-refractivity contribution < 1.29 is 17.9 Å². The molecule has 38 heavy (non-hydrogen) atoms. The fourth-order valence-corrected chi connectivity index (χ4v) is 5.33. The molecule has 0 fully saturated rings. The SMILES string of the molecule is COc1ccc(S(=O)(=O)NC(=NC(C)C(N)=O)N2CC(c3ccccc3)C(c3ccc(Cl)cc3)=N2)cc1Cl. The summed E-state index contributed by atoms with van der Waals surface area (Å²) in [6.07, 6.45) is 0. The Morgan fingerprint density at radius 3 is 2.42 bits per heavy atom. The maximum atomic E-state index is 13.3. The third-order valence-corrected chi connectivity index (χ3v) is 7.76. The van der Waals surface area contributed by atoms with E-state index in [1.54, 1.807) is 12.1 Å². The number of hydrogen-bond acceptors (Lipinski definition) is 6. The van der Waals surface area contributed by atoms with Gasteiger partial charge >= 0.3 is 0 Å². The van der Waals surface area contributed by atoms with Crippen LogP contribution in [-0.2, 0) is 14.8 Å². The fraction of sp³-hybridized carbons (Fsp3) is 0.192. The van der Waals surface area contributed by atoms with Crippen molar-refractivity contribution in [1.82, 2.24) is 9.73 Å². The number of benzene rings is 3. The van der Waals surface area contributed by atoms with Gasteiger partial charge in [0.1, 0.15) is 11.8 Å². The molecule has 0 aromatic heterocycles. The van der Waals surface area contributed by atoms with Gasteiger partial charge in [-0.15, -0.1) is 0 Å². The number of halogens is 2. The third-order valence-electron chi connectivity index (χ3n) is 5.89. The van der Waals surface area contributed by atoms with Gasteiger partial charge in [-0.1, -0.05) is 65.7 Å². The summed E-state index contributed by atoms with van der Waals surface area (Å²) < 4.78 is 34.3. The van der Waals surface area contributed by atoms with Gasteiger partial charge in [0, 0.05) is 10.9 Å². The minimum absolute atomic E-state index is 0.118. The zero-order valence-corrected chi connectivity index (χ0v) is 22.8. The van der Waals surface area contributed by atoms with Crippen molar-refractivity contribution in [2.24, 2.45) is 15.8 Å². The topological polar surface area (TPSA) is 126 Å². The van der Waals surface area contributed by atoms with E-state index in [0.29, 0.717) is 16.5 Å². The van der Waals surface area contributed by atoms with E-state index >= 15 is 0 Å². The van der Waals surface area contributed by atoms with Crippen LogP contribution in [0.1, 0.15) is 24.0 Å². The molecule has 2 unspecified atom stereocenters. The van der Waals surface area contributed by atoms with E-state index in [1.165, 1.54) is 37.2 Å². The zero-order chi connectivity index (χ0) is 27.4. The Morgan fingerprint density at radius 2 is 1.82 bits per heavy atom. The first-order valence-corrected chi connectivity index (χ1v) is 13.7. The first-order valence-electron chi connectivity index (χ1n) is 11.5. The van der Waals surface area contributed by atoms with Crippen LogP contribution in [0, 0.1) is 0 Å². The molecule has 0 spiro atoms. The van der Waals surface area contributed by atoms with Crippen LogP contribution in [-0.4, -0.2) is 50.7 Å². The van der Waals surface area contributed by atoms with Gasteiger partial charge in [-0.25, -0.2) is 23.1 Å². The maximum absolute atomic E-state index is 13.3. The molecule has 0 aliphatic carbocycles. The van der Waals surface area contributed by atoms with E-state index in [1.807, 2.05) is 42.5 Å². The number of primary amides is 1. The van der Waals surface area contributed by atoms with E-state index in [9.17, 15) is 13.2 Å². The van der Waals surface area contributed by atoms with Gasteiger partial charge in [-0.05, 0) is 48.4 Å². The number of ether oxygens (including phenoxy) is 1. The number of aliphatic imine (C=N–C) groups is 1. The van der Waals surface area contributed by atoms with Crippen LogP contribution in [0.25, 0.3) is 0 Å². The van der Waals surface area contributed by atoms with Crippen molar-refractivity contribution in [1.29, 1.82) is 0 Å². The van der Waals surface area contributed by atoms with Crippen molar-refractivity contribution in [3.8, 4) is 5.75 Å². The molecule has 1 amide bonds. The number of hydrazone groups is 1. The number of nitrogens with one attached hydrogen (secondary N) is 1. The molecule has 3 aromatic rings. The minimum atomic E-state index is -4.19. The number of carbonyl (C=O) groups excluding carboxylic acids is 1. The van der Waals surface area contributed by atoms with Gasteiger partial charge in [-0.3, -0.25) is 4.79 Å². The number of nitrogens with zero attached hydrogens (tertiary/aromatic N) is 3. The van der Waals surface area contributed by atoms with Gasteiger partial charge in [0.25, 0.3) is 10.0 Å². The average molecular weight is 574 g/mol. The Bertz CT molecular complexity index is 1500.